The molecule has 3 nitrogen and oxygen atoms in total. The van der Waals surface area contributed by atoms with Crippen LogP contribution in [0.4, 0.5) is 13.6 Å². The van der Waals surface area contributed by atoms with Gasteiger partial charge in [-0.25, -0.2) is 13.6 Å². The summed E-state index contributed by atoms with van der Waals surface area (Å²) in [7, 11) is 0. The SMILES string of the molecule is CC(CCl)N(CC(F)F)C(=O)OCC1c2ccccc2-c2ccccc21. The zero-order valence-electron chi connectivity index (χ0n) is 14.4. The lowest BCUT2D eigenvalue weighted by Gasteiger charge is -2.27. The van der Waals surface area contributed by atoms with Gasteiger partial charge in [0.15, 0.2) is 0 Å². The number of carbonyl (C=O) groups excluding carboxylic acids is 1. The summed E-state index contributed by atoms with van der Waals surface area (Å²) in [5.74, 6) is -0.0391. The lowest BCUT2D eigenvalue weighted by atomic mass is 9.98. The molecule has 0 saturated heterocycles. The standard InChI is InChI=1S/C20H20ClF2NO2/c1-13(10-21)24(11-19(22)23)20(25)26-12-18-16-8-4-2-6-14(16)15-7-3-5-9-17(15)18/h2-9,13,18-19H,10-12H2,1H3. The normalized spacial score (nSPS) is 14.0. The Hall–Kier alpha value is -2.14. The number of fused-ring (bicyclic) bond motifs is 3. The number of halogens is 3. The van der Waals surface area contributed by atoms with Crippen LogP contribution in [0.5, 0.6) is 0 Å². The average molecular weight is 380 g/mol. The highest BCUT2D eigenvalue weighted by atomic mass is 35.5. The van der Waals surface area contributed by atoms with Gasteiger partial charge in [0, 0.05) is 17.8 Å². The Morgan fingerprint density at radius 3 is 2.15 bits per heavy atom. The molecule has 0 spiro atoms. The van der Waals surface area contributed by atoms with Crippen LogP contribution in [0, 0.1) is 0 Å². The third-order valence-corrected chi connectivity index (χ3v) is 5.11. The summed E-state index contributed by atoms with van der Waals surface area (Å²) in [5.41, 5.74) is 4.38. The van der Waals surface area contributed by atoms with Crippen LogP contribution in [0.3, 0.4) is 0 Å². The highest BCUT2D eigenvalue weighted by molar-refractivity contribution is 6.18. The number of alkyl halides is 3. The number of carbonyl (C=O) groups is 1. The van der Waals surface area contributed by atoms with Crippen molar-refractivity contribution in [3.05, 3.63) is 59.7 Å². The van der Waals surface area contributed by atoms with E-state index in [1.54, 1.807) is 6.92 Å². The minimum atomic E-state index is -2.64. The second-order valence-electron chi connectivity index (χ2n) is 6.35. The first-order valence-corrected chi connectivity index (χ1v) is 9.02. The molecule has 0 radical (unpaired) electrons. The Balaban J connectivity index is 1.78. The van der Waals surface area contributed by atoms with Crippen molar-refractivity contribution in [1.29, 1.82) is 0 Å². The number of rotatable bonds is 6. The zero-order chi connectivity index (χ0) is 18.7. The Morgan fingerprint density at radius 1 is 1.12 bits per heavy atom. The van der Waals surface area contributed by atoms with E-state index in [0.29, 0.717) is 0 Å². The Morgan fingerprint density at radius 2 is 1.65 bits per heavy atom. The van der Waals surface area contributed by atoms with E-state index in [-0.39, 0.29) is 18.4 Å². The molecule has 0 bridgehead atoms. The lowest BCUT2D eigenvalue weighted by Crippen LogP contribution is -2.43. The van der Waals surface area contributed by atoms with E-state index in [9.17, 15) is 13.6 Å². The van der Waals surface area contributed by atoms with E-state index in [1.807, 2.05) is 48.5 Å². The number of benzene rings is 2. The summed E-state index contributed by atoms with van der Waals surface area (Å²) in [6, 6.07) is 15.4. The molecule has 2 aromatic carbocycles. The molecule has 0 saturated carbocycles. The van der Waals surface area contributed by atoms with E-state index in [2.05, 4.69) is 0 Å². The maximum atomic E-state index is 12.8. The van der Waals surface area contributed by atoms with Gasteiger partial charge in [0.2, 0.25) is 0 Å². The van der Waals surface area contributed by atoms with Crippen molar-refractivity contribution in [2.24, 2.45) is 0 Å². The van der Waals surface area contributed by atoms with Crippen molar-refractivity contribution in [1.82, 2.24) is 4.90 Å². The van der Waals surface area contributed by atoms with Crippen LogP contribution in [-0.2, 0) is 4.74 Å². The number of hydrogen-bond acceptors (Lipinski definition) is 2. The molecule has 3 rings (SSSR count). The molecule has 1 amide bonds. The van der Waals surface area contributed by atoms with Gasteiger partial charge in [-0.3, -0.25) is 4.90 Å². The van der Waals surface area contributed by atoms with Crippen LogP contribution in [-0.4, -0.2) is 42.5 Å². The Labute approximate surface area is 156 Å². The molecule has 26 heavy (non-hydrogen) atoms. The summed E-state index contributed by atoms with van der Waals surface area (Å²) < 4.78 is 31.0. The van der Waals surface area contributed by atoms with E-state index >= 15 is 0 Å². The number of nitrogens with zero attached hydrogens (tertiary/aromatic N) is 1. The van der Waals surface area contributed by atoms with Gasteiger partial charge in [0.1, 0.15) is 6.61 Å². The van der Waals surface area contributed by atoms with Gasteiger partial charge in [-0.15, -0.1) is 11.6 Å². The van der Waals surface area contributed by atoms with Gasteiger partial charge >= 0.3 is 6.09 Å². The molecule has 1 aliphatic rings. The molecule has 1 unspecified atom stereocenters. The van der Waals surface area contributed by atoms with Gasteiger partial charge in [-0.05, 0) is 29.2 Å². The van der Waals surface area contributed by atoms with E-state index in [1.165, 1.54) is 0 Å². The first-order chi connectivity index (χ1) is 12.5. The molecule has 0 heterocycles. The fourth-order valence-electron chi connectivity index (χ4n) is 3.34. The van der Waals surface area contributed by atoms with E-state index in [0.717, 1.165) is 27.2 Å². The van der Waals surface area contributed by atoms with E-state index in [4.69, 9.17) is 16.3 Å². The molecule has 0 N–H and O–H groups in total. The third kappa shape index (κ3) is 3.68. The van der Waals surface area contributed by atoms with Crippen molar-refractivity contribution < 1.29 is 18.3 Å². The smallest absolute Gasteiger partial charge is 0.410 e. The Bertz CT molecular complexity index is 738. The minimum Gasteiger partial charge on any atom is -0.448 e. The first kappa shape index (κ1) is 18.6. The monoisotopic (exact) mass is 379 g/mol. The largest absolute Gasteiger partial charge is 0.448 e. The summed E-state index contributed by atoms with van der Waals surface area (Å²) in [4.78, 5) is 13.4. The molecular weight excluding hydrogens is 360 g/mol. The van der Waals surface area contributed by atoms with Gasteiger partial charge in [-0.2, -0.15) is 0 Å². The Kier molecular flexibility index (Phi) is 5.77. The fraction of sp³-hybridized carbons (Fsp3) is 0.350. The molecule has 2 aromatic rings. The van der Waals surface area contributed by atoms with E-state index < -0.39 is 25.1 Å². The lowest BCUT2D eigenvalue weighted by molar-refractivity contribution is 0.0489. The van der Waals surface area contributed by atoms with Crippen LogP contribution < -0.4 is 0 Å². The third-order valence-electron chi connectivity index (χ3n) is 4.66. The summed E-state index contributed by atoms with van der Waals surface area (Å²) in [6.07, 6.45) is -3.40. The maximum Gasteiger partial charge on any atom is 0.410 e. The number of amides is 1. The summed E-state index contributed by atoms with van der Waals surface area (Å²) >= 11 is 5.74. The predicted octanol–water partition coefficient (Wildman–Crippen LogP) is 5.13. The van der Waals surface area contributed by atoms with Gasteiger partial charge < -0.3 is 4.74 Å². The van der Waals surface area contributed by atoms with Crippen molar-refractivity contribution in [3.8, 4) is 11.1 Å². The van der Waals surface area contributed by atoms with Gasteiger partial charge in [0.25, 0.3) is 6.43 Å². The number of hydrogen-bond donors (Lipinski definition) is 0. The van der Waals surface area contributed by atoms with Crippen molar-refractivity contribution >= 4 is 17.7 Å². The zero-order valence-corrected chi connectivity index (χ0v) is 15.1. The molecule has 1 aliphatic carbocycles. The number of ether oxygens (including phenoxy) is 1. The van der Waals surface area contributed by atoms with Crippen molar-refractivity contribution in [3.63, 3.8) is 0 Å². The minimum absolute atomic E-state index is 0.0664. The maximum absolute atomic E-state index is 12.8. The van der Waals surface area contributed by atoms with Crippen LogP contribution >= 0.6 is 11.6 Å². The fourth-order valence-corrected chi connectivity index (χ4v) is 3.51. The second-order valence-corrected chi connectivity index (χ2v) is 6.66. The molecule has 0 fully saturated rings. The second kappa shape index (κ2) is 8.04. The van der Waals surface area contributed by atoms with Gasteiger partial charge in [0.05, 0.1) is 6.54 Å². The van der Waals surface area contributed by atoms with Crippen molar-refractivity contribution in [2.45, 2.75) is 25.3 Å². The predicted molar refractivity (Wildman–Crippen MR) is 98.0 cm³/mol. The summed E-state index contributed by atoms with van der Waals surface area (Å²) in [5, 5.41) is 0. The molecule has 6 heteroatoms. The molecule has 138 valence electrons. The topological polar surface area (TPSA) is 29.5 Å². The highest BCUT2D eigenvalue weighted by Crippen LogP contribution is 2.44. The molecule has 1 atom stereocenters. The van der Waals surface area contributed by atoms with Crippen LogP contribution in [0.15, 0.2) is 48.5 Å². The molecular formula is C20H20ClF2NO2. The van der Waals surface area contributed by atoms with Crippen LogP contribution in [0.25, 0.3) is 11.1 Å². The van der Waals surface area contributed by atoms with Crippen molar-refractivity contribution in [2.75, 3.05) is 19.0 Å². The van der Waals surface area contributed by atoms with Gasteiger partial charge in [-0.1, -0.05) is 48.5 Å². The molecule has 0 aromatic heterocycles. The van der Waals surface area contributed by atoms with Crippen LogP contribution in [0.1, 0.15) is 24.0 Å². The molecule has 0 aliphatic heterocycles. The quantitative estimate of drug-likeness (QED) is 0.651. The van der Waals surface area contributed by atoms with Crippen LogP contribution in [0.2, 0.25) is 0 Å². The summed E-state index contributed by atoms with van der Waals surface area (Å²) in [6.45, 7) is 1.03. The highest BCUT2D eigenvalue weighted by Gasteiger charge is 2.31. The first-order valence-electron chi connectivity index (χ1n) is 8.48. The average Bonchev–Trinajstić information content (AvgIpc) is 2.97.